The number of carbonyl (C=O) groups excluding carboxylic acids is 2. The lowest BCUT2D eigenvalue weighted by Gasteiger charge is -2.11. The summed E-state index contributed by atoms with van der Waals surface area (Å²) in [4.78, 5) is 29.4. The van der Waals surface area contributed by atoms with E-state index in [4.69, 9.17) is 9.29 Å². The van der Waals surface area contributed by atoms with Crippen molar-refractivity contribution >= 4 is 49.7 Å². The van der Waals surface area contributed by atoms with E-state index in [1.807, 2.05) is 30.3 Å². The smallest absolute Gasteiger partial charge is 0.327 e. The van der Waals surface area contributed by atoms with Crippen LogP contribution in [0.5, 0.6) is 5.75 Å². The molecule has 0 aliphatic rings. The summed E-state index contributed by atoms with van der Waals surface area (Å²) in [6.07, 6.45) is 0. The predicted octanol–water partition coefficient (Wildman–Crippen LogP) is 4.56. The molecule has 1 aromatic heterocycles. The lowest BCUT2D eigenvalue weighted by molar-refractivity contribution is 0.0964. The average Bonchev–Trinajstić information content (AvgIpc) is 3.19. The SMILES string of the molecule is O=C(NC(=O)c1ccccc1COc1ccccc1)Nc1nc2ccc(CS(=O)O)cc2s1. The molecule has 3 N–H and O–H groups in total. The van der Waals surface area contributed by atoms with Crippen molar-refractivity contribution in [3.8, 4) is 5.75 Å². The number of amides is 3. The van der Waals surface area contributed by atoms with Gasteiger partial charge in [-0.05, 0) is 35.9 Å². The third kappa shape index (κ3) is 6.01. The second kappa shape index (κ2) is 10.3. The maximum Gasteiger partial charge on any atom is 0.327 e. The number of aromatic nitrogens is 1. The molecule has 4 rings (SSSR count). The van der Waals surface area contributed by atoms with Gasteiger partial charge in [0.25, 0.3) is 5.91 Å². The summed E-state index contributed by atoms with van der Waals surface area (Å²) < 4.78 is 26.5. The third-order valence-corrected chi connectivity index (χ3v) is 6.10. The van der Waals surface area contributed by atoms with Gasteiger partial charge in [-0.3, -0.25) is 15.4 Å². The number of nitrogens with one attached hydrogen (secondary N) is 2. The molecule has 4 aromatic rings. The van der Waals surface area contributed by atoms with Crippen LogP contribution < -0.4 is 15.4 Å². The molecule has 0 bridgehead atoms. The Morgan fingerprint density at radius 3 is 2.58 bits per heavy atom. The number of rotatable bonds is 7. The summed E-state index contributed by atoms with van der Waals surface area (Å²) in [6, 6.07) is 20.6. The summed E-state index contributed by atoms with van der Waals surface area (Å²) in [5.74, 6) is 0.127. The Hall–Kier alpha value is -3.60. The number of anilines is 1. The standard InChI is InChI=1S/C23H19N3O5S2/c27-21(18-9-5-4-6-16(18)13-31-17-7-2-1-3-8-17)25-22(28)26-23-24-19-11-10-15(14-33(29)30)12-20(19)32-23/h1-12H,13-14H2,(H,29,30)(H2,24,25,26,27,28). The minimum absolute atomic E-state index is 0.0129. The van der Waals surface area contributed by atoms with Gasteiger partial charge in [-0.1, -0.05) is 53.8 Å². The van der Waals surface area contributed by atoms with Crippen LogP contribution in [-0.2, 0) is 23.4 Å². The van der Waals surface area contributed by atoms with Gasteiger partial charge in [0.2, 0.25) is 0 Å². The monoisotopic (exact) mass is 481 g/mol. The number of carbonyl (C=O) groups is 2. The minimum atomic E-state index is -1.94. The molecule has 1 unspecified atom stereocenters. The van der Waals surface area contributed by atoms with Crippen LogP contribution in [0.25, 0.3) is 10.2 Å². The number of urea groups is 1. The van der Waals surface area contributed by atoms with Gasteiger partial charge in [-0.2, -0.15) is 0 Å². The molecule has 0 fully saturated rings. The number of benzene rings is 3. The van der Waals surface area contributed by atoms with Crippen molar-refractivity contribution in [2.75, 3.05) is 5.32 Å². The molecule has 0 spiro atoms. The van der Waals surface area contributed by atoms with E-state index in [2.05, 4.69) is 15.6 Å². The van der Waals surface area contributed by atoms with Gasteiger partial charge in [-0.25, -0.2) is 14.0 Å². The molecule has 168 valence electrons. The second-order valence-electron chi connectivity index (χ2n) is 6.95. The zero-order valence-electron chi connectivity index (χ0n) is 17.2. The van der Waals surface area contributed by atoms with E-state index in [9.17, 15) is 13.8 Å². The molecule has 3 amide bonds. The Morgan fingerprint density at radius 2 is 1.79 bits per heavy atom. The first kappa shape index (κ1) is 22.6. The van der Waals surface area contributed by atoms with Gasteiger partial charge < -0.3 is 9.29 Å². The summed E-state index contributed by atoms with van der Waals surface area (Å²) in [5.41, 5.74) is 2.29. The number of nitrogens with zero attached hydrogens (tertiary/aromatic N) is 1. The average molecular weight is 482 g/mol. The molecule has 0 saturated carbocycles. The first-order valence-corrected chi connectivity index (χ1v) is 11.9. The van der Waals surface area contributed by atoms with Gasteiger partial charge in [0.1, 0.15) is 12.4 Å². The first-order valence-electron chi connectivity index (χ1n) is 9.83. The van der Waals surface area contributed by atoms with E-state index in [1.165, 1.54) is 11.3 Å². The van der Waals surface area contributed by atoms with Crippen molar-refractivity contribution in [1.29, 1.82) is 0 Å². The Balaban J connectivity index is 1.40. The van der Waals surface area contributed by atoms with Crippen molar-refractivity contribution in [3.05, 3.63) is 89.5 Å². The Kier molecular flexibility index (Phi) is 7.08. The molecule has 0 saturated heterocycles. The van der Waals surface area contributed by atoms with Gasteiger partial charge in [0.15, 0.2) is 16.2 Å². The second-order valence-corrected chi connectivity index (χ2v) is 8.92. The zero-order chi connectivity index (χ0) is 23.2. The van der Waals surface area contributed by atoms with Crippen LogP contribution in [0.2, 0.25) is 0 Å². The van der Waals surface area contributed by atoms with E-state index in [0.717, 1.165) is 4.70 Å². The molecule has 33 heavy (non-hydrogen) atoms. The Morgan fingerprint density at radius 1 is 1.03 bits per heavy atom. The lowest BCUT2D eigenvalue weighted by atomic mass is 10.1. The molecular weight excluding hydrogens is 462 g/mol. The number of imide groups is 1. The maximum atomic E-state index is 12.7. The molecule has 1 heterocycles. The van der Waals surface area contributed by atoms with Crippen molar-refractivity contribution in [2.45, 2.75) is 12.4 Å². The number of hydrogen-bond acceptors (Lipinski definition) is 6. The minimum Gasteiger partial charge on any atom is -0.489 e. The summed E-state index contributed by atoms with van der Waals surface area (Å²) in [7, 11) is 0. The number of fused-ring (bicyclic) bond motifs is 1. The van der Waals surface area contributed by atoms with Gasteiger partial charge >= 0.3 is 6.03 Å². The van der Waals surface area contributed by atoms with E-state index in [1.54, 1.807) is 42.5 Å². The van der Waals surface area contributed by atoms with Crippen molar-refractivity contribution in [2.24, 2.45) is 0 Å². The molecule has 10 heteroatoms. The third-order valence-electron chi connectivity index (χ3n) is 4.59. The molecule has 0 aliphatic heterocycles. The van der Waals surface area contributed by atoms with Gasteiger partial charge in [0.05, 0.1) is 16.0 Å². The van der Waals surface area contributed by atoms with Crippen LogP contribution in [-0.4, -0.2) is 25.7 Å². The predicted molar refractivity (Wildman–Crippen MR) is 128 cm³/mol. The van der Waals surface area contributed by atoms with Crippen LogP contribution in [0, 0.1) is 0 Å². The van der Waals surface area contributed by atoms with Gasteiger partial charge in [0, 0.05) is 11.1 Å². The van der Waals surface area contributed by atoms with Crippen LogP contribution in [0.15, 0.2) is 72.8 Å². The highest BCUT2D eigenvalue weighted by molar-refractivity contribution is 7.78. The number of thiazole rings is 1. The first-order chi connectivity index (χ1) is 16.0. The van der Waals surface area contributed by atoms with Gasteiger partial charge in [-0.15, -0.1) is 0 Å². The fourth-order valence-electron chi connectivity index (χ4n) is 3.10. The quantitative estimate of drug-likeness (QED) is 0.333. The normalized spacial score (nSPS) is 11.7. The van der Waals surface area contributed by atoms with E-state index < -0.39 is 23.0 Å². The lowest BCUT2D eigenvalue weighted by Crippen LogP contribution is -2.34. The molecule has 3 aromatic carbocycles. The molecule has 1 atom stereocenters. The molecule has 8 nitrogen and oxygen atoms in total. The molecule has 0 radical (unpaired) electrons. The highest BCUT2D eigenvalue weighted by atomic mass is 32.2. The fraction of sp³-hybridized carbons (Fsp3) is 0.0870. The highest BCUT2D eigenvalue weighted by Crippen LogP contribution is 2.27. The summed E-state index contributed by atoms with van der Waals surface area (Å²) in [6.45, 7) is 0.175. The largest absolute Gasteiger partial charge is 0.489 e. The van der Waals surface area contributed by atoms with Crippen molar-refractivity contribution in [3.63, 3.8) is 0 Å². The van der Waals surface area contributed by atoms with E-state index in [-0.39, 0.29) is 12.4 Å². The number of ether oxygens (including phenoxy) is 1. The summed E-state index contributed by atoms with van der Waals surface area (Å²) >= 11 is -0.740. The Bertz CT molecular complexity index is 1320. The van der Waals surface area contributed by atoms with Crippen molar-refractivity contribution < 1.29 is 23.1 Å². The van der Waals surface area contributed by atoms with Crippen molar-refractivity contribution in [1.82, 2.24) is 10.3 Å². The van der Waals surface area contributed by atoms with Crippen LogP contribution in [0.4, 0.5) is 9.93 Å². The number of hydrogen-bond donors (Lipinski definition) is 3. The number of para-hydroxylation sites is 1. The van der Waals surface area contributed by atoms with E-state index in [0.29, 0.717) is 33.1 Å². The van der Waals surface area contributed by atoms with Crippen LogP contribution in [0.1, 0.15) is 21.5 Å². The highest BCUT2D eigenvalue weighted by Gasteiger charge is 2.16. The van der Waals surface area contributed by atoms with Crippen LogP contribution >= 0.6 is 11.3 Å². The summed E-state index contributed by atoms with van der Waals surface area (Å²) in [5, 5.41) is 5.18. The topological polar surface area (TPSA) is 118 Å². The maximum absolute atomic E-state index is 12.7. The molecular formula is C23H19N3O5S2. The van der Waals surface area contributed by atoms with E-state index >= 15 is 0 Å². The molecule has 0 aliphatic carbocycles. The van der Waals surface area contributed by atoms with Crippen LogP contribution in [0.3, 0.4) is 0 Å². The fourth-order valence-corrected chi connectivity index (χ4v) is 4.49. The zero-order valence-corrected chi connectivity index (χ0v) is 18.8. The Labute approximate surface area is 195 Å².